The van der Waals surface area contributed by atoms with Crippen LogP contribution in [0.3, 0.4) is 0 Å². The molecule has 3 aromatic rings. The highest BCUT2D eigenvalue weighted by molar-refractivity contribution is 7.18. The number of carbonyl (C=O) groups is 2. The number of nitrogens with one attached hydrogen (secondary N) is 1. The van der Waals surface area contributed by atoms with Crippen LogP contribution in [0.4, 0.5) is 0 Å². The number of nitrogens with zero attached hydrogens (tertiary/aromatic N) is 1. The summed E-state index contributed by atoms with van der Waals surface area (Å²) in [6, 6.07) is 8.67. The first-order chi connectivity index (χ1) is 13.3. The molecule has 0 saturated carbocycles. The third kappa shape index (κ3) is 3.68. The van der Waals surface area contributed by atoms with E-state index in [9.17, 15) is 19.2 Å². The van der Waals surface area contributed by atoms with Crippen molar-refractivity contribution in [1.82, 2.24) is 9.55 Å². The van der Waals surface area contributed by atoms with Gasteiger partial charge in [-0.15, -0.1) is 11.3 Å². The molecule has 2 aromatic heterocycles. The summed E-state index contributed by atoms with van der Waals surface area (Å²) < 4.78 is 5.50. The van der Waals surface area contributed by atoms with Crippen molar-refractivity contribution in [2.45, 2.75) is 32.2 Å². The van der Waals surface area contributed by atoms with Crippen LogP contribution in [-0.2, 0) is 9.53 Å². The minimum absolute atomic E-state index is 0.186. The van der Waals surface area contributed by atoms with Crippen LogP contribution in [0.25, 0.3) is 10.2 Å². The van der Waals surface area contributed by atoms with Crippen LogP contribution >= 0.6 is 11.3 Å². The van der Waals surface area contributed by atoms with Crippen LogP contribution in [0.2, 0.25) is 0 Å². The van der Waals surface area contributed by atoms with Crippen molar-refractivity contribution in [3.8, 4) is 0 Å². The lowest BCUT2D eigenvalue weighted by molar-refractivity contribution is -0.141. The van der Waals surface area contributed by atoms with Crippen LogP contribution in [0.5, 0.6) is 0 Å². The highest BCUT2D eigenvalue weighted by atomic mass is 32.1. The smallest absolute Gasteiger partial charge is 0.330 e. The summed E-state index contributed by atoms with van der Waals surface area (Å²) in [6.45, 7) is 3.97. The molecule has 0 aliphatic carbocycles. The monoisotopic (exact) mass is 400 g/mol. The SMILES string of the molecule is COC(=O)CC(C(=O)c1ccccc1)n1c(=O)[nH]c2sc(C(C)C)cc2c1=O. The molecule has 0 spiro atoms. The van der Waals surface area contributed by atoms with Crippen LogP contribution in [0.1, 0.15) is 47.5 Å². The number of ketones is 1. The fourth-order valence-electron chi connectivity index (χ4n) is 2.95. The zero-order chi connectivity index (χ0) is 20.4. The van der Waals surface area contributed by atoms with Gasteiger partial charge < -0.3 is 4.74 Å². The number of H-pyrrole nitrogens is 1. The Morgan fingerprint density at radius 2 is 1.86 bits per heavy atom. The van der Waals surface area contributed by atoms with E-state index in [4.69, 9.17) is 0 Å². The molecule has 146 valence electrons. The van der Waals surface area contributed by atoms with Gasteiger partial charge in [0.2, 0.25) is 0 Å². The van der Waals surface area contributed by atoms with Gasteiger partial charge in [-0.3, -0.25) is 19.4 Å². The highest BCUT2D eigenvalue weighted by Crippen LogP contribution is 2.27. The lowest BCUT2D eigenvalue weighted by Gasteiger charge is -2.17. The Kier molecular flexibility index (Phi) is 5.60. The summed E-state index contributed by atoms with van der Waals surface area (Å²) in [5.74, 6) is -1.00. The van der Waals surface area contributed by atoms with Crippen molar-refractivity contribution in [3.63, 3.8) is 0 Å². The first-order valence-electron chi connectivity index (χ1n) is 8.77. The highest BCUT2D eigenvalue weighted by Gasteiger charge is 2.29. The van der Waals surface area contributed by atoms with E-state index >= 15 is 0 Å². The standard InChI is InChI=1S/C20H20N2O5S/c1-11(2)15-9-13-18(28-15)21-20(26)22(19(13)25)14(10-16(23)27-3)17(24)12-7-5-4-6-8-12/h4-9,11,14H,10H2,1-3H3,(H,21,26). The summed E-state index contributed by atoms with van der Waals surface area (Å²) in [5.41, 5.74) is -1.02. The molecule has 1 unspecified atom stereocenters. The Morgan fingerprint density at radius 3 is 2.46 bits per heavy atom. The Hall–Kier alpha value is -3.00. The van der Waals surface area contributed by atoms with Gasteiger partial charge in [-0.05, 0) is 12.0 Å². The number of rotatable bonds is 6. The van der Waals surface area contributed by atoms with Gasteiger partial charge in [0.25, 0.3) is 5.56 Å². The minimum atomic E-state index is -1.29. The van der Waals surface area contributed by atoms with E-state index in [0.717, 1.165) is 9.44 Å². The number of ether oxygens (including phenoxy) is 1. The third-order valence-corrected chi connectivity index (χ3v) is 5.82. The molecule has 28 heavy (non-hydrogen) atoms. The number of aromatic amines is 1. The van der Waals surface area contributed by atoms with Crippen molar-refractivity contribution in [3.05, 3.63) is 67.7 Å². The molecule has 7 nitrogen and oxygen atoms in total. The fraction of sp³-hybridized carbons (Fsp3) is 0.300. The van der Waals surface area contributed by atoms with Gasteiger partial charge >= 0.3 is 11.7 Å². The maximum atomic E-state index is 13.1. The molecule has 0 radical (unpaired) electrons. The molecule has 0 aliphatic rings. The van der Waals surface area contributed by atoms with Gasteiger partial charge in [0.15, 0.2) is 5.78 Å². The lowest BCUT2D eigenvalue weighted by atomic mass is 10.0. The number of thiophene rings is 1. The van der Waals surface area contributed by atoms with Gasteiger partial charge in [0.05, 0.1) is 18.9 Å². The zero-order valence-electron chi connectivity index (χ0n) is 15.7. The minimum Gasteiger partial charge on any atom is -0.469 e. The fourth-order valence-corrected chi connectivity index (χ4v) is 3.99. The van der Waals surface area contributed by atoms with E-state index < -0.39 is 35.5 Å². The molecule has 2 heterocycles. The maximum absolute atomic E-state index is 13.1. The molecular formula is C20H20N2O5S. The summed E-state index contributed by atoms with van der Waals surface area (Å²) in [5, 5.41) is 0.323. The average molecular weight is 400 g/mol. The van der Waals surface area contributed by atoms with Crippen molar-refractivity contribution in [2.75, 3.05) is 7.11 Å². The largest absolute Gasteiger partial charge is 0.469 e. The number of methoxy groups -OCH3 is 1. The Labute approximate surface area is 164 Å². The maximum Gasteiger partial charge on any atom is 0.330 e. The number of benzene rings is 1. The number of carbonyl (C=O) groups excluding carboxylic acids is 2. The molecule has 0 saturated heterocycles. The Balaban J connectivity index is 2.20. The number of esters is 1. The van der Waals surface area contributed by atoms with E-state index in [1.165, 1.54) is 18.4 Å². The van der Waals surface area contributed by atoms with Crippen molar-refractivity contribution in [2.24, 2.45) is 0 Å². The molecule has 0 amide bonds. The molecule has 0 bridgehead atoms. The first-order valence-corrected chi connectivity index (χ1v) is 9.59. The molecule has 8 heteroatoms. The zero-order valence-corrected chi connectivity index (χ0v) is 16.5. The molecule has 3 rings (SSSR count). The van der Waals surface area contributed by atoms with Crippen LogP contribution in [0.15, 0.2) is 46.0 Å². The first kappa shape index (κ1) is 19.8. The van der Waals surface area contributed by atoms with Gasteiger partial charge in [-0.25, -0.2) is 9.36 Å². The predicted molar refractivity (Wildman–Crippen MR) is 107 cm³/mol. The molecular weight excluding hydrogens is 380 g/mol. The van der Waals surface area contributed by atoms with Gasteiger partial charge in [0.1, 0.15) is 10.9 Å². The summed E-state index contributed by atoms with van der Waals surface area (Å²) in [7, 11) is 1.19. The summed E-state index contributed by atoms with van der Waals surface area (Å²) >= 11 is 1.33. The number of aromatic nitrogens is 2. The second kappa shape index (κ2) is 7.93. The molecule has 0 fully saturated rings. The molecule has 0 aliphatic heterocycles. The number of fused-ring (bicyclic) bond motifs is 1. The van der Waals surface area contributed by atoms with Crippen molar-refractivity contribution < 1.29 is 14.3 Å². The predicted octanol–water partition coefficient (Wildman–Crippen LogP) is 2.86. The lowest BCUT2D eigenvalue weighted by Crippen LogP contribution is -2.41. The Bertz CT molecular complexity index is 1140. The van der Waals surface area contributed by atoms with E-state index in [0.29, 0.717) is 15.8 Å². The average Bonchev–Trinajstić information content (AvgIpc) is 3.11. The number of Topliss-reactive ketones (excluding diaryl/α,β-unsaturated/α-hetero) is 1. The molecule has 1 aromatic carbocycles. The van der Waals surface area contributed by atoms with Crippen LogP contribution < -0.4 is 11.2 Å². The number of hydrogen-bond donors (Lipinski definition) is 1. The second-order valence-electron chi connectivity index (χ2n) is 6.68. The van der Waals surface area contributed by atoms with Crippen LogP contribution in [-0.4, -0.2) is 28.4 Å². The third-order valence-electron chi connectivity index (χ3n) is 4.47. The van der Waals surface area contributed by atoms with Gasteiger partial charge in [-0.1, -0.05) is 44.2 Å². The van der Waals surface area contributed by atoms with E-state index in [1.807, 2.05) is 13.8 Å². The number of hydrogen-bond acceptors (Lipinski definition) is 6. The molecule has 1 atom stereocenters. The normalized spacial score (nSPS) is 12.3. The summed E-state index contributed by atoms with van der Waals surface area (Å²) in [6.07, 6.45) is -0.417. The van der Waals surface area contributed by atoms with Gasteiger partial charge in [0, 0.05) is 10.4 Å². The van der Waals surface area contributed by atoms with Crippen molar-refractivity contribution >= 4 is 33.3 Å². The quantitative estimate of drug-likeness (QED) is 0.507. The van der Waals surface area contributed by atoms with Gasteiger partial charge in [-0.2, -0.15) is 0 Å². The Morgan fingerprint density at radius 1 is 1.18 bits per heavy atom. The van der Waals surface area contributed by atoms with E-state index in [-0.39, 0.29) is 5.92 Å². The van der Waals surface area contributed by atoms with Crippen LogP contribution in [0, 0.1) is 0 Å². The van der Waals surface area contributed by atoms with E-state index in [1.54, 1.807) is 36.4 Å². The summed E-state index contributed by atoms with van der Waals surface area (Å²) in [4.78, 5) is 54.8. The second-order valence-corrected chi connectivity index (χ2v) is 7.76. The van der Waals surface area contributed by atoms with Crippen molar-refractivity contribution in [1.29, 1.82) is 0 Å². The molecule has 1 N–H and O–H groups in total. The van der Waals surface area contributed by atoms with E-state index in [2.05, 4.69) is 9.72 Å². The topological polar surface area (TPSA) is 98.2 Å².